The molecular formula is C16H15N3O2S2. The van der Waals surface area contributed by atoms with Gasteiger partial charge in [-0.05, 0) is 31.2 Å². The minimum absolute atomic E-state index is 0.0517. The Balaban J connectivity index is 1.82. The van der Waals surface area contributed by atoms with E-state index >= 15 is 0 Å². The van der Waals surface area contributed by atoms with Crippen LogP contribution in [0, 0.1) is 0 Å². The van der Waals surface area contributed by atoms with E-state index in [2.05, 4.69) is 14.7 Å². The van der Waals surface area contributed by atoms with Crippen molar-refractivity contribution < 1.29 is 8.42 Å². The van der Waals surface area contributed by atoms with Crippen molar-refractivity contribution in [2.45, 2.75) is 6.92 Å². The van der Waals surface area contributed by atoms with E-state index in [1.807, 2.05) is 29.6 Å². The van der Waals surface area contributed by atoms with Crippen LogP contribution in [-0.4, -0.2) is 24.1 Å². The summed E-state index contributed by atoms with van der Waals surface area (Å²) in [6, 6.07) is 11.1. The molecule has 1 aromatic carbocycles. The number of rotatable bonds is 5. The van der Waals surface area contributed by atoms with Crippen molar-refractivity contribution >= 4 is 27.0 Å². The molecule has 3 rings (SSSR count). The molecule has 23 heavy (non-hydrogen) atoms. The number of sulfonamides is 1. The number of pyridine rings is 1. The van der Waals surface area contributed by atoms with E-state index in [1.54, 1.807) is 42.8 Å². The van der Waals surface area contributed by atoms with Gasteiger partial charge in [-0.2, -0.15) is 0 Å². The molecule has 118 valence electrons. The monoisotopic (exact) mass is 345 g/mol. The number of hydrogen-bond acceptors (Lipinski definition) is 5. The first-order valence-corrected chi connectivity index (χ1v) is 9.57. The van der Waals surface area contributed by atoms with Crippen LogP contribution in [0.15, 0.2) is 54.2 Å². The van der Waals surface area contributed by atoms with Crippen molar-refractivity contribution in [1.29, 1.82) is 0 Å². The van der Waals surface area contributed by atoms with Gasteiger partial charge in [0, 0.05) is 34.6 Å². The molecule has 0 aliphatic heterocycles. The van der Waals surface area contributed by atoms with E-state index in [0.29, 0.717) is 5.69 Å². The molecule has 7 heteroatoms. The van der Waals surface area contributed by atoms with Gasteiger partial charge in [0.15, 0.2) is 0 Å². The number of thiazole rings is 1. The number of benzene rings is 1. The second-order valence-electron chi connectivity index (χ2n) is 4.86. The number of nitrogens with zero attached hydrogens (tertiary/aromatic N) is 2. The van der Waals surface area contributed by atoms with E-state index in [0.717, 1.165) is 21.8 Å². The van der Waals surface area contributed by atoms with Gasteiger partial charge in [-0.15, -0.1) is 11.3 Å². The van der Waals surface area contributed by atoms with E-state index in [9.17, 15) is 8.42 Å². The highest BCUT2D eigenvalue weighted by molar-refractivity contribution is 7.92. The first kappa shape index (κ1) is 15.6. The molecule has 3 aromatic rings. The Kier molecular flexibility index (Phi) is 4.40. The van der Waals surface area contributed by atoms with Crippen molar-refractivity contribution in [1.82, 2.24) is 9.97 Å². The largest absolute Gasteiger partial charge is 0.284 e. The lowest BCUT2D eigenvalue weighted by molar-refractivity contribution is 0.602. The van der Waals surface area contributed by atoms with Crippen LogP contribution in [0.1, 0.15) is 6.92 Å². The Morgan fingerprint density at radius 3 is 2.39 bits per heavy atom. The second kappa shape index (κ2) is 6.47. The lowest BCUT2D eigenvalue weighted by Gasteiger charge is -2.06. The highest BCUT2D eigenvalue weighted by Crippen LogP contribution is 2.29. The summed E-state index contributed by atoms with van der Waals surface area (Å²) >= 11 is 1.56. The summed E-state index contributed by atoms with van der Waals surface area (Å²) in [7, 11) is -3.25. The van der Waals surface area contributed by atoms with E-state index in [-0.39, 0.29) is 5.75 Å². The van der Waals surface area contributed by atoms with Crippen molar-refractivity contribution in [3.05, 3.63) is 54.2 Å². The average molecular weight is 345 g/mol. The molecule has 0 unspecified atom stereocenters. The molecule has 0 saturated heterocycles. The van der Waals surface area contributed by atoms with E-state index in [4.69, 9.17) is 0 Å². The molecule has 0 bridgehead atoms. The maximum Gasteiger partial charge on any atom is 0.232 e. The zero-order valence-corrected chi connectivity index (χ0v) is 14.1. The minimum atomic E-state index is -3.25. The summed E-state index contributed by atoms with van der Waals surface area (Å²) in [5, 5.41) is 2.92. The molecule has 0 aliphatic carbocycles. The fourth-order valence-electron chi connectivity index (χ4n) is 1.99. The fourth-order valence-corrected chi connectivity index (χ4v) is 3.47. The fraction of sp³-hybridized carbons (Fsp3) is 0.125. The SMILES string of the molecule is CCS(=O)(=O)Nc1ccc(-c2csc(-c3ccncc3)n2)cc1. The molecular weight excluding hydrogens is 330 g/mol. The second-order valence-corrected chi connectivity index (χ2v) is 7.73. The van der Waals surface area contributed by atoms with Crippen LogP contribution >= 0.6 is 11.3 Å². The molecule has 0 aliphatic rings. The number of hydrogen-bond donors (Lipinski definition) is 1. The zero-order valence-electron chi connectivity index (χ0n) is 12.4. The summed E-state index contributed by atoms with van der Waals surface area (Å²) in [5.74, 6) is 0.0517. The zero-order chi connectivity index (χ0) is 16.3. The lowest BCUT2D eigenvalue weighted by atomic mass is 10.1. The molecule has 2 aromatic heterocycles. The Bertz CT molecular complexity index is 889. The normalized spacial score (nSPS) is 11.3. The van der Waals surface area contributed by atoms with Crippen LogP contribution in [0.5, 0.6) is 0 Å². The number of aromatic nitrogens is 2. The van der Waals surface area contributed by atoms with E-state index < -0.39 is 10.0 Å². The Morgan fingerprint density at radius 2 is 1.74 bits per heavy atom. The molecule has 5 nitrogen and oxygen atoms in total. The van der Waals surface area contributed by atoms with Crippen LogP contribution in [0.3, 0.4) is 0 Å². The van der Waals surface area contributed by atoms with Crippen LogP contribution < -0.4 is 4.72 Å². The predicted molar refractivity (Wildman–Crippen MR) is 93.9 cm³/mol. The van der Waals surface area contributed by atoms with Gasteiger partial charge in [0.25, 0.3) is 0 Å². The third kappa shape index (κ3) is 3.75. The number of anilines is 1. The van der Waals surface area contributed by atoms with Crippen LogP contribution in [0.25, 0.3) is 21.8 Å². The van der Waals surface area contributed by atoms with Crippen LogP contribution in [-0.2, 0) is 10.0 Å². The Morgan fingerprint density at radius 1 is 1.04 bits per heavy atom. The van der Waals surface area contributed by atoms with Crippen molar-refractivity contribution in [2.75, 3.05) is 10.5 Å². The quantitative estimate of drug-likeness (QED) is 0.766. The van der Waals surface area contributed by atoms with Gasteiger partial charge in [0.2, 0.25) is 10.0 Å². The summed E-state index contributed by atoms with van der Waals surface area (Å²) < 4.78 is 25.6. The molecule has 2 heterocycles. The maximum atomic E-state index is 11.6. The standard InChI is InChI=1S/C16H15N3O2S2/c1-2-23(20,21)19-14-5-3-12(4-6-14)15-11-22-16(18-15)13-7-9-17-10-8-13/h3-11,19H,2H2,1H3. The molecule has 0 fully saturated rings. The topological polar surface area (TPSA) is 72.0 Å². The summed E-state index contributed by atoms with van der Waals surface area (Å²) in [4.78, 5) is 8.63. The maximum absolute atomic E-state index is 11.6. The van der Waals surface area contributed by atoms with Gasteiger partial charge in [0.05, 0.1) is 11.4 Å². The lowest BCUT2D eigenvalue weighted by Crippen LogP contribution is -2.14. The van der Waals surface area contributed by atoms with Gasteiger partial charge >= 0.3 is 0 Å². The highest BCUT2D eigenvalue weighted by Gasteiger charge is 2.09. The van der Waals surface area contributed by atoms with Crippen molar-refractivity contribution in [2.24, 2.45) is 0 Å². The van der Waals surface area contributed by atoms with Crippen molar-refractivity contribution in [3.8, 4) is 21.8 Å². The smallest absolute Gasteiger partial charge is 0.232 e. The Hall–Kier alpha value is -2.25. The van der Waals surface area contributed by atoms with Crippen LogP contribution in [0.4, 0.5) is 5.69 Å². The minimum Gasteiger partial charge on any atom is -0.284 e. The Labute approximate surface area is 139 Å². The molecule has 0 atom stereocenters. The first-order valence-electron chi connectivity index (χ1n) is 7.04. The summed E-state index contributed by atoms with van der Waals surface area (Å²) in [6.07, 6.45) is 3.48. The van der Waals surface area contributed by atoms with Gasteiger partial charge in [-0.1, -0.05) is 12.1 Å². The average Bonchev–Trinajstić information content (AvgIpc) is 3.06. The molecule has 1 N–H and O–H groups in total. The van der Waals surface area contributed by atoms with Gasteiger partial charge < -0.3 is 0 Å². The molecule has 0 amide bonds. The highest BCUT2D eigenvalue weighted by atomic mass is 32.2. The van der Waals surface area contributed by atoms with Gasteiger partial charge in [-0.25, -0.2) is 13.4 Å². The third-order valence-electron chi connectivity index (χ3n) is 3.27. The summed E-state index contributed by atoms with van der Waals surface area (Å²) in [6.45, 7) is 1.60. The third-order valence-corrected chi connectivity index (χ3v) is 5.46. The van der Waals surface area contributed by atoms with Crippen LogP contribution in [0.2, 0.25) is 0 Å². The first-order chi connectivity index (χ1) is 11.1. The van der Waals surface area contributed by atoms with Gasteiger partial charge in [0.1, 0.15) is 5.01 Å². The molecule has 0 radical (unpaired) electrons. The van der Waals surface area contributed by atoms with E-state index in [1.165, 1.54) is 0 Å². The summed E-state index contributed by atoms with van der Waals surface area (Å²) in [5.41, 5.74) is 3.40. The molecule has 0 saturated carbocycles. The molecule has 0 spiro atoms. The van der Waals surface area contributed by atoms with Crippen molar-refractivity contribution in [3.63, 3.8) is 0 Å². The predicted octanol–water partition coefficient (Wildman–Crippen LogP) is 3.63. The number of nitrogens with one attached hydrogen (secondary N) is 1. The van der Waals surface area contributed by atoms with Gasteiger partial charge in [-0.3, -0.25) is 9.71 Å².